The molecule has 5 rings (SSSR count). The van der Waals surface area contributed by atoms with Gasteiger partial charge in [0, 0.05) is 31.4 Å². The number of hydrogen-bond acceptors (Lipinski definition) is 7. The molecule has 0 N–H and O–H groups in total. The molecule has 3 aromatic heterocycles. The van der Waals surface area contributed by atoms with Crippen LogP contribution in [0.15, 0.2) is 58.4 Å². The number of rotatable bonds is 6. The van der Waals surface area contributed by atoms with Crippen LogP contribution in [-0.4, -0.2) is 41.7 Å². The molecule has 35 heavy (non-hydrogen) atoms. The average Bonchev–Trinajstić information content (AvgIpc) is 3.57. The van der Waals surface area contributed by atoms with Gasteiger partial charge in [0.05, 0.1) is 21.8 Å². The summed E-state index contributed by atoms with van der Waals surface area (Å²) in [6.07, 6.45) is 4.34. The van der Waals surface area contributed by atoms with E-state index in [4.69, 9.17) is 16.6 Å². The molecule has 0 atom stereocenters. The Hall–Kier alpha value is -2.37. The highest BCUT2D eigenvalue weighted by Gasteiger charge is 2.35. The monoisotopic (exact) mass is 546 g/mol. The predicted octanol–water partition coefficient (Wildman–Crippen LogP) is 5.35. The largest absolute Gasteiger partial charge is 0.283 e. The quantitative estimate of drug-likeness (QED) is 0.325. The van der Waals surface area contributed by atoms with Gasteiger partial charge in [-0.25, -0.2) is 13.4 Å². The topological polar surface area (TPSA) is 83.5 Å². The number of thiazole rings is 1. The molecule has 0 unspecified atom stereocenters. The van der Waals surface area contributed by atoms with E-state index in [2.05, 4.69) is 4.98 Å². The van der Waals surface area contributed by atoms with Crippen LogP contribution < -0.4 is 4.90 Å². The number of nitrogens with zero attached hydrogens (tertiary/aromatic N) is 4. The van der Waals surface area contributed by atoms with E-state index in [-0.39, 0.29) is 11.8 Å². The first-order chi connectivity index (χ1) is 16.8. The molecule has 1 amide bonds. The molecule has 1 aliphatic rings. The third kappa shape index (κ3) is 4.85. The van der Waals surface area contributed by atoms with E-state index in [1.54, 1.807) is 34.8 Å². The first-order valence-corrected chi connectivity index (χ1v) is 14.7. The van der Waals surface area contributed by atoms with Crippen LogP contribution >= 0.6 is 34.3 Å². The van der Waals surface area contributed by atoms with E-state index in [0.717, 1.165) is 21.3 Å². The van der Waals surface area contributed by atoms with Crippen molar-refractivity contribution in [2.45, 2.75) is 30.5 Å². The molecule has 4 heterocycles. The second-order valence-corrected chi connectivity index (χ2v) is 12.9. The van der Waals surface area contributed by atoms with Gasteiger partial charge in [-0.1, -0.05) is 41.1 Å². The summed E-state index contributed by atoms with van der Waals surface area (Å²) in [4.78, 5) is 24.5. The lowest BCUT2D eigenvalue weighted by Crippen LogP contribution is -2.44. The maximum atomic E-state index is 13.8. The third-order valence-corrected chi connectivity index (χ3v) is 10.9. The molecule has 0 saturated carbocycles. The lowest BCUT2D eigenvalue weighted by Gasteiger charge is -2.32. The molecule has 4 aromatic rings. The minimum Gasteiger partial charge on any atom is -0.283 e. The van der Waals surface area contributed by atoms with Crippen LogP contribution in [-0.2, 0) is 21.4 Å². The van der Waals surface area contributed by atoms with Crippen molar-refractivity contribution in [2.75, 3.05) is 18.0 Å². The fraction of sp³-hybridized carbons (Fsp3) is 0.292. The molecule has 0 aliphatic carbocycles. The van der Waals surface area contributed by atoms with Crippen LogP contribution in [0.4, 0.5) is 5.13 Å². The highest BCUT2D eigenvalue weighted by molar-refractivity contribution is 7.91. The Kier molecular flexibility index (Phi) is 6.91. The van der Waals surface area contributed by atoms with Gasteiger partial charge < -0.3 is 0 Å². The second-order valence-electron chi connectivity index (χ2n) is 8.43. The normalized spacial score (nSPS) is 15.5. The summed E-state index contributed by atoms with van der Waals surface area (Å²) in [5, 5.41) is 2.94. The SMILES string of the molecule is Cc1ccc(Cl)c2sc(N(Cc3cccnc3)C(=O)C3CCN(S(=O)(=O)c4cccs4)CC3)nc12. The number of benzene rings is 1. The van der Waals surface area contributed by atoms with Gasteiger partial charge in [0.2, 0.25) is 5.91 Å². The fourth-order valence-corrected chi connectivity index (χ4v) is 8.16. The van der Waals surface area contributed by atoms with Crippen LogP contribution in [0.1, 0.15) is 24.0 Å². The Morgan fingerprint density at radius 3 is 2.66 bits per heavy atom. The van der Waals surface area contributed by atoms with Crippen LogP contribution in [0, 0.1) is 12.8 Å². The van der Waals surface area contributed by atoms with Crippen molar-refractivity contribution in [2.24, 2.45) is 5.92 Å². The van der Waals surface area contributed by atoms with Crippen molar-refractivity contribution >= 4 is 65.6 Å². The predicted molar refractivity (Wildman–Crippen MR) is 141 cm³/mol. The lowest BCUT2D eigenvalue weighted by molar-refractivity contribution is -0.123. The number of amides is 1. The number of halogens is 1. The molecular formula is C24H23ClN4O3S3. The number of thiophene rings is 1. The summed E-state index contributed by atoms with van der Waals surface area (Å²) in [6, 6.07) is 10.9. The number of carbonyl (C=O) groups is 1. The van der Waals surface area contributed by atoms with Gasteiger partial charge in [0.1, 0.15) is 4.21 Å². The molecule has 1 aromatic carbocycles. The van der Waals surface area contributed by atoms with Gasteiger partial charge in [-0.05, 0) is 54.5 Å². The number of hydrogen-bond donors (Lipinski definition) is 0. The van der Waals surface area contributed by atoms with Crippen molar-refractivity contribution in [3.05, 3.63) is 70.3 Å². The smallest absolute Gasteiger partial charge is 0.252 e. The Morgan fingerprint density at radius 2 is 2.00 bits per heavy atom. The summed E-state index contributed by atoms with van der Waals surface area (Å²) in [6.45, 7) is 2.92. The van der Waals surface area contributed by atoms with Gasteiger partial charge in [-0.2, -0.15) is 4.31 Å². The molecule has 11 heteroatoms. The molecule has 7 nitrogen and oxygen atoms in total. The van der Waals surface area contributed by atoms with E-state index < -0.39 is 10.0 Å². The van der Waals surface area contributed by atoms with Crippen molar-refractivity contribution < 1.29 is 13.2 Å². The maximum absolute atomic E-state index is 13.8. The molecule has 0 bridgehead atoms. The third-order valence-electron chi connectivity index (χ3n) is 6.14. The van der Waals surface area contributed by atoms with E-state index >= 15 is 0 Å². The standard InChI is InChI=1S/C24H23ClN4O3S3/c1-16-6-7-19(25)22-21(16)27-24(34-22)29(15-17-4-2-10-26-14-17)23(30)18-8-11-28(12-9-18)35(31,32)20-5-3-13-33-20/h2-7,10,13-14,18H,8-9,11-12,15H2,1H3. The van der Waals surface area contributed by atoms with Crippen molar-refractivity contribution in [3.8, 4) is 0 Å². The summed E-state index contributed by atoms with van der Waals surface area (Å²) < 4.78 is 28.5. The number of aryl methyl sites for hydroxylation is 1. The van der Waals surface area contributed by atoms with Gasteiger partial charge in [-0.3, -0.25) is 14.7 Å². The van der Waals surface area contributed by atoms with Crippen molar-refractivity contribution in [1.82, 2.24) is 14.3 Å². The Morgan fingerprint density at radius 1 is 1.20 bits per heavy atom. The van der Waals surface area contributed by atoms with Crippen LogP contribution in [0.3, 0.4) is 0 Å². The molecule has 0 spiro atoms. The number of pyridine rings is 1. The fourth-order valence-electron chi connectivity index (χ4n) is 4.22. The molecule has 0 radical (unpaired) electrons. The lowest BCUT2D eigenvalue weighted by atomic mass is 9.96. The van der Waals surface area contributed by atoms with E-state index in [1.165, 1.54) is 27.0 Å². The maximum Gasteiger partial charge on any atom is 0.252 e. The van der Waals surface area contributed by atoms with E-state index in [0.29, 0.717) is 46.8 Å². The van der Waals surface area contributed by atoms with Gasteiger partial charge in [0.15, 0.2) is 5.13 Å². The highest BCUT2D eigenvalue weighted by Crippen LogP contribution is 2.37. The minimum absolute atomic E-state index is 0.0603. The number of piperidine rings is 1. The zero-order valence-corrected chi connectivity index (χ0v) is 22.1. The molecule has 182 valence electrons. The zero-order chi connectivity index (χ0) is 24.6. The van der Waals surface area contributed by atoms with Crippen molar-refractivity contribution in [1.29, 1.82) is 0 Å². The molecule has 1 fully saturated rings. The summed E-state index contributed by atoms with van der Waals surface area (Å²) >= 11 is 9.04. The summed E-state index contributed by atoms with van der Waals surface area (Å²) in [5.74, 6) is -0.361. The van der Waals surface area contributed by atoms with Gasteiger partial charge in [0.25, 0.3) is 10.0 Å². The number of fused-ring (bicyclic) bond motifs is 1. The van der Waals surface area contributed by atoms with E-state index in [9.17, 15) is 13.2 Å². The molecular weight excluding hydrogens is 524 g/mol. The van der Waals surface area contributed by atoms with Gasteiger partial charge >= 0.3 is 0 Å². The second kappa shape index (κ2) is 9.94. The molecule has 1 aliphatic heterocycles. The Bertz CT molecular complexity index is 1410. The van der Waals surface area contributed by atoms with Crippen molar-refractivity contribution in [3.63, 3.8) is 0 Å². The van der Waals surface area contributed by atoms with Gasteiger partial charge in [-0.15, -0.1) is 11.3 Å². The van der Waals surface area contributed by atoms with Crippen LogP contribution in [0.5, 0.6) is 0 Å². The summed E-state index contributed by atoms with van der Waals surface area (Å²) in [7, 11) is -3.52. The molecule has 1 saturated heterocycles. The summed E-state index contributed by atoms with van der Waals surface area (Å²) in [5.41, 5.74) is 2.67. The Balaban J connectivity index is 1.41. The minimum atomic E-state index is -3.52. The highest BCUT2D eigenvalue weighted by atomic mass is 35.5. The number of aromatic nitrogens is 2. The van der Waals surface area contributed by atoms with E-state index in [1.807, 2.05) is 31.2 Å². The van der Waals surface area contributed by atoms with Crippen LogP contribution in [0.25, 0.3) is 10.2 Å². The number of carbonyl (C=O) groups excluding carboxylic acids is 1. The zero-order valence-electron chi connectivity index (χ0n) is 18.9. The number of sulfonamides is 1. The Labute approximate surface area is 217 Å². The number of anilines is 1. The average molecular weight is 547 g/mol. The first-order valence-electron chi connectivity index (χ1n) is 11.1. The first kappa shape index (κ1) is 24.3. The van der Waals surface area contributed by atoms with Crippen LogP contribution in [0.2, 0.25) is 5.02 Å².